The van der Waals surface area contributed by atoms with Gasteiger partial charge in [0.1, 0.15) is 5.69 Å². The summed E-state index contributed by atoms with van der Waals surface area (Å²) in [4.78, 5) is 22.3. The van der Waals surface area contributed by atoms with Crippen LogP contribution in [0.1, 0.15) is 23.0 Å². The Morgan fingerprint density at radius 3 is 2.67 bits per heavy atom. The summed E-state index contributed by atoms with van der Waals surface area (Å²) in [6, 6.07) is 13.1. The lowest BCUT2D eigenvalue weighted by Gasteiger charge is -2.29. The predicted octanol–water partition coefficient (Wildman–Crippen LogP) is 3.13. The molecule has 3 heterocycles. The molecule has 1 aromatic carbocycles. The molecule has 0 spiro atoms. The van der Waals surface area contributed by atoms with Gasteiger partial charge in [-0.05, 0) is 48.4 Å². The molecular weight excluding hydrogens is 400 g/mol. The van der Waals surface area contributed by atoms with Crippen LogP contribution in [-0.4, -0.2) is 48.9 Å². The number of anilines is 2. The van der Waals surface area contributed by atoms with Crippen LogP contribution in [0.4, 0.5) is 11.4 Å². The van der Waals surface area contributed by atoms with Gasteiger partial charge in [-0.3, -0.25) is 4.79 Å². The quantitative estimate of drug-likeness (QED) is 0.656. The van der Waals surface area contributed by atoms with Gasteiger partial charge in [-0.2, -0.15) is 0 Å². The standard InChI is InChI=1S/C22H24N4O3S/c1-2-16-14-18(26-10-12-30(28,29)13-11-26)6-7-20(16)25-22(27)21-5-3-4-19(24-21)17-8-9-23-15-17/h3-9,14-15,23H,2,10-13H2,1H3,(H,25,27). The molecule has 4 rings (SSSR count). The zero-order valence-electron chi connectivity index (χ0n) is 16.8. The third-order valence-corrected chi connectivity index (χ3v) is 6.91. The molecule has 1 fully saturated rings. The van der Waals surface area contributed by atoms with Crippen molar-refractivity contribution in [2.45, 2.75) is 13.3 Å². The molecule has 2 N–H and O–H groups in total. The molecule has 0 unspecified atom stereocenters. The highest BCUT2D eigenvalue weighted by molar-refractivity contribution is 7.91. The van der Waals surface area contributed by atoms with Gasteiger partial charge in [0.25, 0.3) is 5.91 Å². The van der Waals surface area contributed by atoms with Crippen LogP contribution in [0.5, 0.6) is 0 Å². The van der Waals surface area contributed by atoms with E-state index >= 15 is 0 Å². The maximum Gasteiger partial charge on any atom is 0.274 e. The van der Waals surface area contributed by atoms with E-state index in [1.807, 2.05) is 55.7 Å². The lowest BCUT2D eigenvalue weighted by molar-refractivity contribution is 0.102. The van der Waals surface area contributed by atoms with E-state index in [-0.39, 0.29) is 17.4 Å². The summed E-state index contributed by atoms with van der Waals surface area (Å²) in [5.74, 6) is 0.0885. The highest BCUT2D eigenvalue weighted by atomic mass is 32.2. The molecule has 0 aliphatic carbocycles. The van der Waals surface area contributed by atoms with Crippen molar-refractivity contribution in [3.05, 3.63) is 66.1 Å². The molecule has 7 nitrogen and oxygen atoms in total. The Labute approximate surface area is 176 Å². The van der Waals surface area contributed by atoms with Crippen molar-refractivity contribution in [3.63, 3.8) is 0 Å². The molecule has 0 radical (unpaired) electrons. The summed E-state index contributed by atoms with van der Waals surface area (Å²) >= 11 is 0. The van der Waals surface area contributed by atoms with Gasteiger partial charge in [-0.1, -0.05) is 13.0 Å². The number of sulfone groups is 1. The minimum absolute atomic E-state index is 0.177. The lowest BCUT2D eigenvalue weighted by atomic mass is 10.1. The first kappa shape index (κ1) is 20.2. The van der Waals surface area contributed by atoms with Crippen LogP contribution < -0.4 is 10.2 Å². The van der Waals surface area contributed by atoms with Crippen molar-refractivity contribution < 1.29 is 13.2 Å². The van der Waals surface area contributed by atoms with Gasteiger partial charge in [-0.15, -0.1) is 0 Å². The second-order valence-corrected chi connectivity index (χ2v) is 9.60. The van der Waals surface area contributed by atoms with Crippen LogP contribution >= 0.6 is 0 Å². The Morgan fingerprint density at radius 1 is 1.17 bits per heavy atom. The fourth-order valence-electron chi connectivity index (χ4n) is 3.55. The summed E-state index contributed by atoms with van der Waals surface area (Å²) in [6.45, 7) is 3.01. The van der Waals surface area contributed by atoms with Gasteiger partial charge in [0.05, 0.1) is 17.2 Å². The molecule has 30 heavy (non-hydrogen) atoms. The minimum atomic E-state index is -2.92. The van der Waals surface area contributed by atoms with Gasteiger partial charge < -0.3 is 15.2 Å². The molecule has 1 aliphatic heterocycles. The van der Waals surface area contributed by atoms with E-state index in [4.69, 9.17) is 0 Å². The molecule has 2 aromatic heterocycles. The largest absolute Gasteiger partial charge is 0.369 e. The molecule has 0 bridgehead atoms. The van der Waals surface area contributed by atoms with Crippen LogP contribution in [0, 0.1) is 0 Å². The van der Waals surface area contributed by atoms with Crippen molar-refractivity contribution in [2.75, 3.05) is 34.8 Å². The van der Waals surface area contributed by atoms with Crippen molar-refractivity contribution in [3.8, 4) is 11.3 Å². The number of nitrogens with zero attached hydrogens (tertiary/aromatic N) is 2. The number of pyridine rings is 1. The summed E-state index contributed by atoms with van der Waals surface area (Å²) in [5.41, 5.74) is 4.72. The zero-order valence-corrected chi connectivity index (χ0v) is 17.6. The molecular formula is C22H24N4O3S. The monoisotopic (exact) mass is 424 g/mol. The average Bonchev–Trinajstić information content (AvgIpc) is 3.29. The van der Waals surface area contributed by atoms with E-state index in [2.05, 4.69) is 20.2 Å². The number of H-pyrrole nitrogens is 1. The van der Waals surface area contributed by atoms with Crippen molar-refractivity contribution in [1.29, 1.82) is 0 Å². The van der Waals surface area contributed by atoms with Crippen molar-refractivity contribution in [1.82, 2.24) is 9.97 Å². The van der Waals surface area contributed by atoms with Crippen LogP contribution in [0.25, 0.3) is 11.3 Å². The second-order valence-electron chi connectivity index (χ2n) is 7.30. The topological polar surface area (TPSA) is 95.2 Å². The molecule has 1 aliphatic rings. The number of hydrogen-bond donors (Lipinski definition) is 2. The Bertz CT molecular complexity index is 1140. The average molecular weight is 425 g/mol. The van der Waals surface area contributed by atoms with Crippen molar-refractivity contribution >= 4 is 27.1 Å². The number of aryl methyl sites for hydroxylation is 1. The SMILES string of the molecule is CCc1cc(N2CCS(=O)(=O)CC2)ccc1NC(=O)c1cccc(-c2cc[nH]c2)n1. The summed E-state index contributed by atoms with van der Waals surface area (Å²) < 4.78 is 23.4. The highest BCUT2D eigenvalue weighted by Gasteiger charge is 2.22. The molecule has 1 amide bonds. The Kier molecular flexibility index (Phi) is 5.59. The third-order valence-electron chi connectivity index (χ3n) is 5.30. The summed E-state index contributed by atoms with van der Waals surface area (Å²) in [6.07, 6.45) is 4.40. The van der Waals surface area contributed by atoms with E-state index in [1.54, 1.807) is 6.07 Å². The normalized spacial score (nSPS) is 15.7. The zero-order chi connectivity index (χ0) is 21.1. The Balaban J connectivity index is 1.52. The smallest absolute Gasteiger partial charge is 0.274 e. The maximum atomic E-state index is 12.8. The minimum Gasteiger partial charge on any atom is -0.369 e. The van der Waals surface area contributed by atoms with Gasteiger partial charge in [-0.25, -0.2) is 13.4 Å². The number of nitrogens with one attached hydrogen (secondary N) is 2. The van der Waals surface area contributed by atoms with Gasteiger partial charge >= 0.3 is 0 Å². The fourth-order valence-corrected chi connectivity index (χ4v) is 4.75. The number of aromatic nitrogens is 2. The van der Waals surface area contributed by atoms with Crippen LogP contribution in [0.2, 0.25) is 0 Å². The first-order chi connectivity index (χ1) is 14.4. The van der Waals surface area contributed by atoms with E-state index < -0.39 is 9.84 Å². The third kappa shape index (κ3) is 4.38. The van der Waals surface area contributed by atoms with Gasteiger partial charge in [0.15, 0.2) is 9.84 Å². The van der Waals surface area contributed by atoms with E-state index in [1.165, 1.54) is 0 Å². The predicted molar refractivity (Wildman–Crippen MR) is 119 cm³/mol. The summed E-state index contributed by atoms with van der Waals surface area (Å²) in [7, 11) is -2.92. The maximum absolute atomic E-state index is 12.8. The molecule has 156 valence electrons. The number of hydrogen-bond acceptors (Lipinski definition) is 5. The van der Waals surface area contributed by atoms with Crippen LogP contribution in [0.3, 0.4) is 0 Å². The van der Waals surface area contributed by atoms with Gasteiger partial charge in [0.2, 0.25) is 0 Å². The highest BCUT2D eigenvalue weighted by Crippen LogP contribution is 2.26. The van der Waals surface area contributed by atoms with Crippen molar-refractivity contribution in [2.24, 2.45) is 0 Å². The number of amides is 1. The lowest BCUT2D eigenvalue weighted by Crippen LogP contribution is -2.40. The molecule has 3 aromatic rings. The number of carbonyl (C=O) groups excluding carboxylic acids is 1. The fraction of sp³-hybridized carbons (Fsp3) is 0.273. The first-order valence-electron chi connectivity index (χ1n) is 9.95. The van der Waals surface area contributed by atoms with Gasteiger partial charge in [0, 0.05) is 42.4 Å². The number of carbonyl (C=O) groups is 1. The van der Waals surface area contributed by atoms with E-state index in [0.29, 0.717) is 18.8 Å². The first-order valence-corrected chi connectivity index (χ1v) is 11.8. The molecule has 8 heteroatoms. The van der Waals surface area contributed by atoms with Crippen LogP contribution in [-0.2, 0) is 16.3 Å². The van der Waals surface area contributed by atoms with Crippen LogP contribution in [0.15, 0.2) is 54.9 Å². The Hall–Kier alpha value is -3.13. The molecule has 0 saturated carbocycles. The number of rotatable bonds is 5. The molecule has 0 atom stereocenters. The Morgan fingerprint density at radius 2 is 1.97 bits per heavy atom. The number of benzene rings is 1. The van der Waals surface area contributed by atoms with E-state index in [9.17, 15) is 13.2 Å². The summed E-state index contributed by atoms with van der Waals surface area (Å²) in [5, 5.41) is 2.97. The van der Waals surface area contributed by atoms with E-state index in [0.717, 1.165) is 34.6 Å². The second kappa shape index (κ2) is 8.31. The number of aromatic amines is 1. The molecule has 1 saturated heterocycles.